The second kappa shape index (κ2) is 7.21. The first-order valence-corrected chi connectivity index (χ1v) is 9.75. The van der Waals surface area contributed by atoms with Crippen LogP contribution < -0.4 is 5.32 Å². The van der Waals surface area contributed by atoms with Gasteiger partial charge in [0, 0.05) is 30.4 Å². The van der Waals surface area contributed by atoms with E-state index in [1.807, 2.05) is 32.0 Å². The quantitative estimate of drug-likeness (QED) is 0.720. The normalized spacial score (nSPS) is 18.0. The zero-order valence-electron chi connectivity index (χ0n) is 15.2. The Labute approximate surface area is 161 Å². The molecule has 8 heteroatoms. The average Bonchev–Trinajstić information content (AvgIpc) is 3.26. The van der Waals surface area contributed by atoms with Gasteiger partial charge in [-0.15, -0.1) is 11.3 Å². The molecule has 0 spiro atoms. The zero-order valence-corrected chi connectivity index (χ0v) is 16.0. The Morgan fingerprint density at radius 1 is 1.44 bits per heavy atom. The maximum Gasteiger partial charge on any atom is 0.274 e. The van der Waals surface area contributed by atoms with Gasteiger partial charge in [-0.25, -0.2) is 9.97 Å². The molecule has 140 valence electrons. The van der Waals surface area contributed by atoms with Gasteiger partial charge in [0.05, 0.1) is 22.4 Å². The largest absolute Gasteiger partial charge is 0.391 e. The van der Waals surface area contributed by atoms with Crippen molar-refractivity contribution in [2.24, 2.45) is 0 Å². The smallest absolute Gasteiger partial charge is 0.274 e. The van der Waals surface area contributed by atoms with E-state index in [1.54, 1.807) is 17.3 Å². The molecule has 4 rings (SSSR count). The summed E-state index contributed by atoms with van der Waals surface area (Å²) in [6, 6.07) is 5.78. The Morgan fingerprint density at radius 3 is 3.00 bits per heavy atom. The molecule has 3 aromatic heterocycles. The topological polar surface area (TPSA) is 91.2 Å². The molecule has 0 aromatic carbocycles. The van der Waals surface area contributed by atoms with Gasteiger partial charge in [0.25, 0.3) is 5.91 Å². The highest BCUT2D eigenvalue weighted by Gasteiger charge is 2.28. The lowest BCUT2D eigenvalue weighted by Gasteiger charge is -2.17. The second-order valence-corrected chi connectivity index (χ2v) is 8.07. The number of hydrogen-bond donors (Lipinski definition) is 2. The molecule has 0 saturated carbocycles. The molecule has 2 atom stereocenters. The fraction of sp³-hybridized carbons (Fsp3) is 0.368. The van der Waals surface area contributed by atoms with E-state index >= 15 is 0 Å². The van der Waals surface area contributed by atoms with E-state index in [4.69, 9.17) is 0 Å². The molecule has 1 amide bonds. The molecule has 3 aromatic rings. The molecule has 1 aliphatic rings. The van der Waals surface area contributed by atoms with E-state index in [0.717, 1.165) is 20.7 Å². The van der Waals surface area contributed by atoms with E-state index in [1.165, 1.54) is 11.3 Å². The van der Waals surface area contributed by atoms with E-state index in [-0.39, 0.29) is 11.9 Å². The highest BCUT2D eigenvalue weighted by Crippen LogP contribution is 2.29. The van der Waals surface area contributed by atoms with Crippen LogP contribution in [0.1, 0.15) is 40.3 Å². The Kier molecular flexibility index (Phi) is 4.75. The first-order chi connectivity index (χ1) is 13.0. The minimum absolute atomic E-state index is 0.0487. The number of nitrogens with zero attached hydrogens (tertiary/aromatic N) is 4. The monoisotopic (exact) mass is 383 g/mol. The number of aliphatic hydroxyl groups is 1. The summed E-state index contributed by atoms with van der Waals surface area (Å²) in [5, 5.41) is 13.0. The van der Waals surface area contributed by atoms with Crippen LogP contribution in [0.4, 0.5) is 5.95 Å². The summed E-state index contributed by atoms with van der Waals surface area (Å²) in [6.07, 6.45) is 3.67. The third-order valence-corrected chi connectivity index (χ3v) is 5.72. The van der Waals surface area contributed by atoms with Crippen molar-refractivity contribution in [2.75, 3.05) is 18.4 Å². The van der Waals surface area contributed by atoms with Gasteiger partial charge in [0.15, 0.2) is 5.69 Å². The van der Waals surface area contributed by atoms with Crippen LogP contribution in [0.5, 0.6) is 0 Å². The number of nitrogens with one attached hydrogen (secondary N) is 1. The number of fused-ring (bicyclic) bond motifs is 1. The molecule has 0 radical (unpaired) electrons. The van der Waals surface area contributed by atoms with Gasteiger partial charge >= 0.3 is 0 Å². The fourth-order valence-electron chi connectivity index (χ4n) is 3.24. The van der Waals surface area contributed by atoms with Gasteiger partial charge < -0.3 is 15.3 Å². The Balaban J connectivity index is 1.69. The summed E-state index contributed by atoms with van der Waals surface area (Å²) in [6.45, 7) is 4.89. The minimum atomic E-state index is -0.459. The van der Waals surface area contributed by atoms with Gasteiger partial charge in [-0.05, 0) is 38.0 Å². The number of rotatable bonds is 4. The first-order valence-electron chi connectivity index (χ1n) is 8.93. The number of thiophene rings is 1. The Bertz CT molecular complexity index is 975. The molecule has 4 heterocycles. The van der Waals surface area contributed by atoms with Crippen molar-refractivity contribution >= 4 is 33.4 Å². The number of pyridine rings is 1. The first kappa shape index (κ1) is 17.8. The highest BCUT2D eigenvalue weighted by molar-refractivity contribution is 7.19. The lowest BCUT2D eigenvalue weighted by Crippen LogP contribution is -2.30. The average molecular weight is 383 g/mol. The van der Waals surface area contributed by atoms with Crippen molar-refractivity contribution in [2.45, 2.75) is 32.4 Å². The number of carbonyl (C=O) groups excluding carboxylic acids is 1. The number of aryl methyl sites for hydroxylation is 1. The fourth-order valence-corrected chi connectivity index (χ4v) is 4.18. The van der Waals surface area contributed by atoms with Gasteiger partial charge in [0.1, 0.15) is 0 Å². The number of aliphatic hydroxyl groups excluding tert-OH is 1. The predicted molar refractivity (Wildman–Crippen MR) is 105 cm³/mol. The second-order valence-electron chi connectivity index (χ2n) is 6.81. The maximum atomic E-state index is 13.0. The van der Waals surface area contributed by atoms with Crippen LogP contribution in [0.2, 0.25) is 0 Å². The Morgan fingerprint density at radius 2 is 2.30 bits per heavy atom. The van der Waals surface area contributed by atoms with Crippen molar-refractivity contribution in [1.29, 1.82) is 0 Å². The molecule has 27 heavy (non-hydrogen) atoms. The number of anilines is 1. The van der Waals surface area contributed by atoms with Crippen LogP contribution in [0.3, 0.4) is 0 Å². The van der Waals surface area contributed by atoms with Gasteiger partial charge in [-0.3, -0.25) is 9.78 Å². The van der Waals surface area contributed by atoms with Crippen LogP contribution in [0.25, 0.3) is 10.2 Å². The van der Waals surface area contributed by atoms with Gasteiger partial charge in [-0.2, -0.15) is 0 Å². The van der Waals surface area contributed by atoms with Crippen molar-refractivity contribution in [1.82, 2.24) is 19.9 Å². The molecule has 1 unspecified atom stereocenters. The van der Waals surface area contributed by atoms with Crippen LogP contribution in [-0.2, 0) is 0 Å². The molecule has 1 aliphatic heterocycles. The van der Waals surface area contributed by atoms with Crippen molar-refractivity contribution in [3.63, 3.8) is 0 Å². The van der Waals surface area contributed by atoms with Crippen LogP contribution in [-0.4, -0.2) is 50.1 Å². The molecule has 0 bridgehead atoms. The number of hydrogen-bond acceptors (Lipinski definition) is 7. The highest BCUT2D eigenvalue weighted by atomic mass is 32.1. The summed E-state index contributed by atoms with van der Waals surface area (Å²) in [4.78, 5) is 29.0. The third-order valence-electron chi connectivity index (χ3n) is 4.68. The Hall–Kier alpha value is -2.58. The molecule has 0 aliphatic carbocycles. The molecule has 1 saturated heterocycles. The number of likely N-dealkylation sites (tertiary alicyclic amines) is 1. The van der Waals surface area contributed by atoms with Gasteiger partial charge in [0.2, 0.25) is 5.95 Å². The van der Waals surface area contributed by atoms with Crippen molar-refractivity contribution < 1.29 is 9.90 Å². The van der Waals surface area contributed by atoms with E-state index < -0.39 is 6.10 Å². The standard InChI is InChI=1S/C19H21N5O2S/c1-11-8-15-17(27-11)16(18(26)24-7-5-14(25)10-24)23-19(22-15)21-12(2)13-4-3-6-20-9-13/h3-4,6,8-9,12,14,25H,5,7,10H2,1-2H3,(H,21,22,23)/t12?,14-/m0/s1. The zero-order chi connectivity index (χ0) is 19.0. The predicted octanol–water partition coefficient (Wildman–Crippen LogP) is 2.77. The van der Waals surface area contributed by atoms with Crippen LogP contribution in [0.15, 0.2) is 30.6 Å². The summed E-state index contributed by atoms with van der Waals surface area (Å²) in [7, 11) is 0. The summed E-state index contributed by atoms with van der Waals surface area (Å²) in [5.74, 6) is 0.262. The van der Waals surface area contributed by atoms with Gasteiger partial charge in [-0.1, -0.05) is 6.07 Å². The molecule has 7 nitrogen and oxygen atoms in total. The van der Waals surface area contributed by atoms with Crippen LogP contribution >= 0.6 is 11.3 Å². The lowest BCUT2D eigenvalue weighted by molar-refractivity contribution is 0.0761. The number of amides is 1. The molecule has 2 N–H and O–H groups in total. The third kappa shape index (κ3) is 3.63. The van der Waals surface area contributed by atoms with Crippen LogP contribution in [0, 0.1) is 6.92 Å². The van der Waals surface area contributed by atoms with Crippen molar-refractivity contribution in [3.8, 4) is 0 Å². The van der Waals surface area contributed by atoms with E-state index in [9.17, 15) is 9.90 Å². The summed E-state index contributed by atoms with van der Waals surface area (Å²) >= 11 is 1.52. The van der Waals surface area contributed by atoms with E-state index in [2.05, 4.69) is 20.3 Å². The SMILES string of the molecule is Cc1cc2nc(NC(C)c3cccnc3)nc(C(=O)N3CC[C@H](O)C3)c2s1. The lowest BCUT2D eigenvalue weighted by atomic mass is 10.1. The summed E-state index contributed by atoms with van der Waals surface area (Å²) < 4.78 is 0.790. The number of aromatic nitrogens is 3. The number of carbonyl (C=O) groups is 1. The number of β-amino-alcohol motifs (C(OH)–C–C–N with tert-alkyl or cyclic N) is 1. The maximum absolute atomic E-state index is 13.0. The molecular formula is C19H21N5O2S. The van der Waals surface area contributed by atoms with Crippen molar-refractivity contribution in [3.05, 3.63) is 46.7 Å². The van der Waals surface area contributed by atoms with E-state index in [0.29, 0.717) is 31.2 Å². The minimum Gasteiger partial charge on any atom is -0.391 e. The summed E-state index contributed by atoms with van der Waals surface area (Å²) in [5.41, 5.74) is 2.17. The molecular weight excluding hydrogens is 362 g/mol. The molecule has 1 fully saturated rings.